The number of carbonyl (C=O) groups is 2. The smallest absolute Gasteiger partial charge is 0.303 e. The number of amides is 1. The van der Waals surface area contributed by atoms with Crippen molar-refractivity contribution < 1.29 is 14.7 Å². The van der Waals surface area contributed by atoms with Crippen LogP contribution >= 0.6 is 0 Å². The lowest BCUT2D eigenvalue weighted by molar-refractivity contribution is -0.137. The van der Waals surface area contributed by atoms with Crippen molar-refractivity contribution >= 4 is 11.9 Å². The maximum absolute atomic E-state index is 12.2. The monoisotopic (exact) mass is 270 g/mol. The van der Waals surface area contributed by atoms with E-state index in [1.807, 2.05) is 19.0 Å². The summed E-state index contributed by atoms with van der Waals surface area (Å²) in [4.78, 5) is 26.8. The van der Waals surface area contributed by atoms with E-state index in [1.165, 1.54) is 12.8 Å². The molecular weight excluding hydrogens is 244 g/mol. The Labute approximate surface area is 115 Å². The van der Waals surface area contributed by atoms with E-state index in [1.54, 1.807) is 0 Å². The molecule has 0 atom stereocenters. The van der Waals surface area contributed by atoms with Gasteiger partial charge >= 0.3 is 5.97 Å². The first-order chi connectivity index (χ1) is 9.00. The third kappa shape index (κ3) is 6.05. The molecule has 0 unspecified atom stereocenters. The zero-order valence-corrected chi connectivity index (χ0v) is 12.1. The van der Waals surface area contributed by atoms with Gasteiger partial charge in [0.05, 0.1) is 0 Å². The predicted octanol–water partition coefficient (Wildman–Crippen LogP) is 1.57. The van der Waals surface area contributed by atoms with Gasteiger partial charge in [-0.2, -0.15) is 0 Å². The first-order valence-corrected chi connectivity index (χ1v) is 7.16. The fraction of sp³-hybridized carbons (Fsp3) is 0.857. The Morgan fingerprint density at radius 1 is 1.11 bits per heavy atom. The van der Waals surface area contributed by atoms with Gasteiger partial charge in [-0.15, -0.1) is 0 Å². The molecule has 0 saturated heterocycles. The number of likely N-dealkylation sites (N-methyl/N-ethyl adjacent to an activating group) is 1. The van der Waals surface area contributed by atoms with E-state index in [0.717, 1.165) is 25.9 Å². The average Bonchev–Trinajstić information content (AvgIpc) is 2.82. The lowest BCUT2D eigenvalue weighted by Crippen LogP contribution is -2.42. The third-order valence-corrected chi connectivity index (χ3v) is 3.66. The molecule has 1 aliphatic carbocycles. The molecule has 110 valence electrons. The quantitative estimate of drug-likeness (QED) is 0.727. The molecule has 0 bridgehead atoms. The standard InChI is InChI=1S/C14H26N2O3/c1-15(2)10-11-16(12-6-3-4-7-12)13(17)8-5-9-14(18)19/h12H,3-11H2,1-2H3,(H,18,19). The topological polar surface area (TPSA) is 60.9 Å². The molecule has 0 aromatic rings. The number of carboxylic acid groups (broad SMARTS) is 1. The van der Waals surface area contributed by atoms with Crippen LogP contribution in [0.25, 0.3) is 0 Å². The molecule has 0 spiro atoms. The molecule has 5 nitrogen and oxygen atoms in total. The van der Waals surface area contributed by atoms with Crippen molar-refractivity contribution in [1.82, 2.24) is 9.80 Å². The molecule has 1 amide bonds. The van der Waals surface area contributed by atoms with E-state index >= 15 is 0 Å². The SMILES string of the molecule is CN(C)CCN(C(=O)CCCC(=O)O)C1CCCC1. The molecule has 1 N–H and O–H groups in total. The summed E-state index contributed by atoms with van der Waals surface area (Å²) in [5.41, 5.74) is 0. The Bertz CT molecular complexity index is 299. The first-order valence-electron chi connectivity index (χ1n) is 7.16. The molecule has 5 heteroatoms. The first kappa shape index (κ1) is 16.0. The second kappa shape index (κ2) is 8.15. The zero-order chi connectivity index (χ0) is 14.3. The van der Waals surface area contributed by atoms with Crippen LogP contribution < -0.4 is 0 Å². The fourth-order valence-electron chi connectivity index (χ4n) is 2.57. The summed E-state index contributed by atoms with van der Waals surface area (Å²) in [6, 6.07) is 0.372. The summed E-state index contributed by atoms with van der Waals surface area (Å²) in [6.45, 7) is 1.62. The van der Waals surface area contributed by atoms with Crippen LogP contribution in [0.15, 0.2) is 0 Å². The van der Waals surface area contributed by atoms with Gasteiger partial charge in [-0.05, 0) is 33.4 Å². The Morgan fingerprint density at radius 3 is 2.26 bits per heavy atom. The highest BCUT2D eigenvalue weighted by Gasteiger charge is 2.26. The number of carboxylic acids is 1. The van der Waals surface area contributed by atoms with Gasteiger partial charge in [0.2, 0.25) is 5.91 Å². The van der Waals surface area contributed by atoms with Crippen LogP contribution in [-0.2, 0) is 9.59 Å². The van der Waals surface area contributed by atoms with E-state index in [0.29, 0.717) is 18.9 Å². The highest BCUT2D eigenvalue weighted by atomic mass is 16.4. The summed E-state index contributed by atoms with van der Waals surface area (Å²) in [7, 11) is 4.00. The molecule has 1 aliphatic rings. The summed E-state index contributed by atoms with van der Waals surface area (Å²) in [6.07, 6.45) is 5.47. The molecule has 0 aromatic heterocycles. The summed E-state index contributed by atoms with van der Waals surface area (Å²) < 4.78 is 0. The lowest BCUT2D eigenvalue weighted by atomic mass is 10.1. The maximum Gasteiger partial charge on any atom is 0.303 e. The molecule has 1 rings (SSSR count). The van der Waals surface area contributed by atoms with Gasteiger partial charge in [0.15, 0.2) is 0 Å². The van der Waals surface area contributed by atoms with E-state index < -0.39 is 5.97 Å². The Balaban J connectivity index is 2.46. The number of hydrogen-bond acceptors (Lipinski definition) is 3. The molecule has 0 aromatic carbocycles. The maximum atomic E-state index is 12.2. The number of aliphatic carboxylic acids is 1. The van der Waals surface area contributed by atoms with Gasteiger partial charge in [0, 0.05) is 32.0 Å². The minimum Gasteiger partial charge on any atom is -0.481 e. The van der Waals surface area contributed by atoms with E-state index in [-0.39, 0.29) is 12.3 Å². The number of rotatable bonds is 8. The van der Waals surface area contributed by atoms with Crippen LogP contribution in [0.4, 0.5) is 0 Å². The minimum absolute atomic E-state index is 0.0813. The van der Waals surface area contributed by atoms with Gasteiger partial charge in [-0.1, -0.05) is 12.8 Å². The molecule has 0 radical (unpaired) electrons. The number of nitrogens with zero attached hydrogens (tertiary/aromatic N) is 2. The van der Waals surface area contributed by atoms with Crippen LogP contribution in [0, 0.1) is 0 Å². The largest absolute Gasteiger partial charge is 0.481 e. The highest BCUT2D eigenvalue weighted by molar-refractivity contribution is 5.77. The van der Waals surface area contributed by atoms with Crippen molar-refractivity contribution in [2.24, 2.45) is 0 Å². The highest BCUT2D eigenvalue weighted by Crippen LogP contribution is 2.24. The predicted molar refractivity (Wildman–Crippen MR) is 74.0 cm³/mol. The average molecular weight is 270 g/mol. The summed E-state index contributed by atoms with van der Waals surface area (Å²) >= 11 is 0. The third-order valence-electron chi connectivity index (χ3n) is 3.66. The number of carbonyl (C=O) groups excluding carboxylic acids is 1. The van der Waals surface area contributed by atoms with Gasteiger partial charge in [-0.3, -0.25) is 9.59 Å². The molecule has 1 saturated carbocycles. The van der Waals surface area contributed by atoms with E-state index in [9.17, 15) is 9.59 Å². The summed E-state index contributed by atoms with van der Waals surface area (Å²) in [5, 5.41) is 8.62. The second-order valence-electron chi connectivity index (χ2n) is 5.58. The Morgan fingerprint density at radius 2 is 1.74 bits per heavy atom. The van der Waals surface area contributed by atoms with Crippen LogP contribution in [0.5, 0.6) is 0 Å². The van der Waals surface area contributed by atoms with Crippen LogP contribution in [0.1, 0.15) is 44.9 Å². The Hall–Kier alpha value is -1.10. The van der Waals surface area contributed by atoms with E-state index in [4.69, 9.17) is 5.11 Å². The molecule has 1 fully saturated rings. The zero-order valence-electron chi connectivity index (χ0n) is 12.1. The van der Waals surface area contributed by atoms with Gasteiger partial charge in [0.1, 0.15) is 0 Å². The van der Waals surface area contributed by atoms with Crippen LogP contribution in [0.3, 0.4) is 0 Å². The molecule has 19 heavy (non-hydrogen) atoms. The van der Waals surface area contributed by atoms with Crippen molar-refractivity contribution in [3.63, 3.8) is 0 Å². The summed E-state index contributed by atoms with van der Waals surface area (Å²) in [5.74, 6) is -0.705. The second-order valence-corrected chi connectivity index (χ2v) is 5.58. The van der Waals surface area contributed by atoms with Crippen molar-refractivity contribution in [3.05, 3.63) is 0 Å². The van der Waals surface area contributed by atoms with E-state index in [2.05, 4.69) is 4.90 Å². The number of hydrogen-bond donors (Lipinski definition) is 1. The lowest BCUT2D eigenvalue weighted by Gasteiger charge is -2.30. The normalized spacial score (nSPS) is 15.9. The van der Waals surface area contributed by atoms with Crippen LogP contribution in [-0.4, -0.2) is 60.0 Å². The Kier molecular flexibility index (Phi) is 6.84. The fourth-order valence-corrected chi connectivity index (χ4v) is 2.57. The molecule has 0 heterocycles. The van der Waals surface area contributed by atoms with Crippen molar-refractivity contribution in [2.45, 2.75) is 51.0 Å². The van der Waals surface area contributed by atoms with Gasteiger partial charge in [-0.25, -0.2) is 0 Å². The van der Waals surface area contributed by atoms with Crippen molar-refractivity contribution in [1.29, 1.82) is 0 Å². The van der Waals surface area contributed by atoms with Crippen LogP contribution in [0.2, 0.25) is 0 Å². The van der Waals surface area contributed by atoms with Gasteiger partial charge < -0.3 is 14.9 Å². The molecular formula is C14H26N2O3. The van der Waals surface area contributed by atoms with Crippen molar-refractivity contribution in [2.75, 3.05) is 27.2 Å². The van der Waals surface area contributed by atoms with Crippen molar-refractivity contribution in [3.8, 4) is 0 Å². The minimum atomic E-state index is -0.825. The van der Waals surface area contributed by atoms with Gasteiger partial charge in [0.25, 0.3) is 0 Å². The molecule has 0 aliphatic heterocycles.